The number of rotatable bonds is 7. The van der Waals surface area contributed by atoms with Gasteiger partial charge < -0.3 is 0 Å². The normalized spacial score (nSPS) is 23.5. The lowest BCUT2D eigenvalue weighted by Gasteiger charge is -2.24. The summed E-state index contributed by atoms with van der Waals surface area (Å²) < 4.78 is 27.4. The Labute approximate surface area is 150 Å². The number of sulfonamides is 1. The highest BCUT2D eigenvalue weighted by Gasteiger charge is 2.37. The molecule has 1 aromatic rings. The van der Waals surface area contributed by atoms with Crippen molar-refractivity contribution in [3.05, 3.63) is 21.9 Å². The van der Waals surface area contributed by atoms with Crippen LogP contribution in [0.3, 0.4) is 0 Å². The Kier molecular flexibility index (Phi) is 6.01. The van der Waals surface area contributed by atoms with Crippen LogP contribution in [0.15, 0.2) is 12.1 Å². The zero-order chi connectivity index (χ0) is 17.2. The molecule has 24 heavy (non-hydrogen) atoms. The molecule has 0 aromatic carbocycles. The van der Waals surface area contributed by atoms with E-state index in [0.29, 0.717) is 5.92 Å². The van der Waals surface area contributed by atoms with Crippen LogP contribution in [-0.4, -0.2) is 37.7 Å². The summed E-state index contributed by atoms with van der Waals surface area (Å²) in [5.74, 6) is 0.691. The van der Waals surface area contributed by atoms with E-state index in [1.165, 1.54) is 9.75 Å². The van der Waals surface area contributed by atoms with E-state index in [-0.39, 0.29) is 11.3 Å². The first-order valence-electron chi connectivity index (χ1n) is 9.23. The van der Waals surface area contributed by atoms with Gasteiger partial charge in [-0.05, 0) is 56.7 Å². The lowest BCUT2D eigenvalue weighted by molar-refractivity contribution is 0.262. The smallest absolute Gasteiger partial charge is 0.214 e. The maximum Gasteiger partial charge on any atom is 0.214 e. The Balaban J connectivity index is 1.57. The van der Waals surface area contributed by atoms with Crippen LogP contribution in [0, 0.1) is 5.92 Å². The summed E-state index contributed by atoms with van der Waals surface area (Å²) in [6, 6.07) is 4.58. The van der Waals surface area contributed by atoms with Crippen molar-refractivity contribution < 1.29 is 8.42 Å². The average Bonchev–Trinajstić information content (AvgIpc) is 3.28. The number of hydrogen-bond donors (Lipinski definition) is 1. The monoisotopic (exact) mass is 370 g/mol. The molecule has 0 unspecified atom stereocenters. The van der Waals surface area contributed by atoms with Gasteiger partial charge in [0, 0.05) is 28.9 Å². The SMILES string of the molecule is CC(C)Cc1ccc(CN2CCCC[C@H](NS(=O)(=O)C3CC3)C2)s1. The number of likely N-dealkylation sites (tertiary alicyclic amines) is 1. The number of nitrogens with one attached hydrogen (secondary N) is 1. The van der Waals surface area contributed by atoms with Crippen LogP contribution in [0.1, 0.15) is 55.7 Å². The Morgan fingerprint density at radius 3 is 2.67 bits per heavy atom. The second-order valence-electron chi connectivity index (χ2n) is 7.76. The summed E-state index contributed by atoms with van der Waals surface area (Å²) in [5.41, 5.74) is 0. The van der Waals surface area contributed by atoms with Crippen molar-refractivity contribution in [3.8, 4) is 0 Å². The van der Waals surface area contributed by atoms with Gasteiger partial charge in [0.1, 0.15) is 0 Å². The van der Waals surface area contributed by atoms with Crippen molar-refractivity contribution in [1.29, 1.82) is 0 Å². The van der Waals surface area contributed by atoms with Gasteiger partial charge in [-0.25, -0.2) is 13.1 Å². The first-order valence-corrected chi connectivity index (χ1v) is 11.6. The van der Waals surface area contributed by atoms with E-state index in [9.17, 15) is 8.42 Å². The fraction of sp³-hybridized carbons (Fsp3) is 0.778. The summed E-state index contributed by atoms with van der Waals surface area (Å²) >= 11 is 1.91. The molecule has 1 aromatic heterocycles. The van der Waals surface area contributed by atoms with Crippen molar-refractivity contribution in [1.82, 2.24) is 9.62 Å². The van der Waals surface area contributed by atoms with E-state index in [1.54, 1.807) is 0 Å². The first-order chi connectivity index (χ1) is 11.4. The largest absolute Gasteiger partial charge is 0.297 e. The summed E-state index contributed by atoms with van der Waals surface area (Å²) in [4.78, 5) is 5.29. The molecule has 2 heterocycles. The molecular formula is C18H30N2O2S2. The van der Waals surface area contributed by atoms with E-state index in [2.05, 4.69) is 35.6 Å². The van der Waals surface area contributed by atoms with Crippen molar-refractivity contribution in [3.63, 3.8) is 0 Å². The van der Waals surface area contributed by atoms with E-state index >= 15 is 0 Å². The third kappa shape index (κ3) is 5.28. The lowest BCUT2D eigenvalue weighted by Crippen LogP contribution is -2.43. The van der Waals surface area contributed by atoms with Crippen LogP contribution >= 0.6 is 11.3 Å². The standard InChI is InChI=1S/C18H30N2O2S2/c1-14(2)11-16-6-7-17(23-16)13-20-10-4-3-5-15(12-20)19-24(21,22)18-8-9-18/h6-7,14-15,18-19H,3-5,8-13H2,1-2H3/t15-/m0/s1. The average molecular weight is 371 g/mol. The lowest BCUT2D eigenvalue weighted by atomic mass is 10.1. The number of thiophene rings is 1. The van der Waals surface area contributed by atoms with E-state index in [1.807, 2.05) is 11.3 Å². The van der Waals surface area contributed by atoms with Crippen molar-refractivity contribution in [2.45, 2.75) is 70.2 Å². The van der Waals surface area contributed by atoms with Crippen molar-refractivity contribution in [2.75, 3.05) is 13.1 Å². The molecule has 0 spiro atoms. The van der Waals surface area contributed by atoms with Crippen LogP contribution in [-0.2, 0) is 23.0 Å². The highest BCUT2D eigenvalue weighted by Crippen LogP contribution is 2.28. The van der Waals surface area contributed by atoms with Crippen molar-refractivity contribution >= 4 is 21.4 Å². The Morgan fingerprint density at radius 2 is 1.96 bits per heavy atom. The van der Waals surface area contributed by atoms with E-state index in [0.717, 1.165) is 58.2 Å². The maximum atomic E-state index is 12.2. The predicted octanol–water partition coefficient (Wildman–Crippen LogP) is 3.38. The zero-order valence-electron chi connectivity index (χ0n) is 14.8. The van der Waals surface area contributed by atoms with Crippen LogP contribution in [0.5, 0.6) is 0 Å². The Morgan fingerprint density at radius 1 is 1.21 bits per heavy atom. The van der Waals surface area contributed by atoms with Crippen LogP contribution < -0.4 is 4.72 Å². The van der Waals surface area contributed by atoms with E-state index < -0.39 is 10.0 Å². The van der Waals surface area contributed by atoms with Gasteiger partial charge in [-0.2, -0.15) is 0 Å². The molecule has 0 amide bonds. The van der Waals surface area contributed by atoms with Gasteiger partial charge in [0.05, 0.1) is 5.25 Å². The van der Waals surface area contributed by atoms with Gasteiger partial charge in [-0.15, -0.1) is 11.3 Å². The fourth-order valence-electron chi connectivity index (χ4n) is 3.41. The summed E-state index contributed by atoms with van der Waals surface area (Å²) in [6.45, 7) is 7.36. The molecule has 1 saturated carbocycles. The summed E-state index contributed by atoms with van der Waals surface area (Å²) in [6.07, 6.45) is 6.04. The number of nitrogens with zero attached hydrogens (tertiary/aromatic N) is 1. The second-order valence-corrected chi connectivity index (χ2v) is 11.0. The summed E-state index contributed by atoms with van der Waals surface area (Å²) in [5, 5.41) is -0.120. The van der Waals surface area contributed by atoms with Crippen LogP contribution in [0.2, 0.25) is 0 Å². The van der Waals surface area contributed by atoms with Gasteiger partial charge >= 0.3 is 0 Å². The summed E-state index contributed by atoms with van der Waals surface area (Å²) in [7, 11) is -3.08. The highest BCUT2D eigenvalue weighted by atomic mass is 32.2. The van der Waals surface area contributed by atoms with E-state index in [4.69, 9.17) is 0 Å². The minimum absolute atomic E-state index is 0.0770. The molecule has 1 N–H and O–H groups in total. The Bertz CT molecular complexity index is 635. The molecule has 136 valence electrons. The van der Waals surface area contributed by atoms with Crippen LogP contribution in [0.4, 0.5) is 0 Å². The minimum atomic E-state index is -3.08. The number of hydrogen-bond acceptors (Lipinski definition) is 4. The molecule has 1 aliphatic carbocycles. The highest BCUT2D eigenvalue weighted by molar-refractivity contribution is 7.90. The third-order valence-corrected chi connectivity index (χ3v) is 7.86. The van der Waals surface area contributed by atoms with Gasteiger partial charge in [-0.1, -0.05) is 20.3 Å². The fourth-order valence-corrected chi connectivity index (χ4v) is 6.29. The molecule has 4 nitrogen and oxygen atoms in total. The quantitative estimate of drug-likeness (QED) is 0.800. The second kappa shape index (κ2) is 7.85. The predicted molar refractivity (Wildman–Crippen MR) is 101 cm³/mol. The zero-order valence-corrected chi connectivity index (χ0v) is 16.5. The van der Waals surface area contributed by atoms with Crippen molar-refractivity contribution in [2.24, 2.45) is 5.92 Å². The topological polar surface area (TPSA) is 49.4 Å². The molecule has 0 radical (unpaired) electrons. The third-order valence-electron chi connectivity index (χ3n) is 4.76. The minimum Gasteiger partial charge on any atom is -0.297 e. The van der Waals surface area contributed by atoms with Gasteiger partial charge in [0.2, 0.25) is 10.0 Å². The maximum absolute atomic E-state index is 12.2. The van der Waals surface area contributed by atoms with Gasteiger partial charge in [0.25, 0.3) is 0 Å². The molecule has 1 saturated heterocycles. The molecule has 3 rings (SSSR count). The van der Waals surface area contributed by atoms with Gasteiger partial charge in [0.15, 0.2) is 0 Å². The molecule has 1 atom stereocenters. The molecule has 0 bridgehead atoms. The molecule has 1 aliphatic heterocycles. The van der Waals surface area contributed by atoms with Gasteiger partial charge in [-0.3, -0.25) is 4.90 Å². The molecule has 2 aliphatic rings. The molecule has 2 fully saturated rings. The first kappa shape index (κ1) is 18.4. The van der Waals surface area contributed by atoms with Crippen LogP contribution in [0.25, 0.3) is 0 Å². The molecule has 6 heteroatoms. The molecular weight excluding hydrogens is 340 g/mol. The Hall–Kier alpha value is -0.430.